The van der Waals surface area contributed by atoms with Crippen molar-refractivity contribution in [1.82, 2.24) is 5.32 Å². The predicted molar refractivity (Wildman–Crippen MR) is 69.9 cm³/mol. The SMILES string of the molecule is C=CCC(Cc1ccc(Cl)s1)NCCC. The molecule has 0 aromatic carbocycles. The molecule has 1 nitrogen and oxygen atoms in total. The number of rotatable bonds is 7. The second-order valence-corrected chi connectivity index (χ2v) is 5.39. The zero-order valence-electron chi connectivity index (χ0n) is 9.13. The van der Waals surface area contributed by atoms with Crippen molar-refractivity contribution in [1.29, 1.82) is 0 Å². The van der Waals surface area contributed by atoms with Gasteiger partial charge in [0.25, 0.3) is 0 Å². The van der Waals surface area contributed by atoms with Gasteiger partial charge in [0.2, 0.25) is 0 Å². The second-order valence-electron chi connectivity index (χ2n) is 3.59. The molecule has 0 radical (unpaired) electrons. The molecule has 0 amide bonds. The van der Waals surface area contributed by atoms with Gasteiger partial charge in [0.15, 0.2) is 0 Å². The van der Waals surface area contributed by atoms with Crippen LogP contribution in [-0.2, 0) is 6.42 Å². The number of nitrogens with one attached hydrogen (secondary N) is 1. The molecular weight excluding hydrogens is 226 g/mol. The Morgan fingerprint density at radius 3 is 2.93 bits per heavy atom. The molecular formula is C12H18ClNS. The van der Waals surface area contributed by atoms with E-state index in [4.69, 9.17) is 11.6 Å². The third-order valence-corrected chi connectivity index (χ3v) is 3.46. The van der Waals surface area contributed by atoms with Gasteiger partial charge >= 0.3 is 0 Å². The minimum atomic E-state index is 0.497. The number of halogens is 1. The summed E-state index contributed by atoms with van der Waals surface area (Å²) in [5.41, 5.74) is 0. The van der Waals surface area contributed by atoms with E-state index in [9.17, 15) is 0 Å². The maximum Gasteiger partial charge on any atom is 0.0931 e. The van der Waals surface area contributed by atoms with Crippen LogP contribution in [0.4, 0.5) is 0 Å². The molecule has 84 valence electrons. The molecule has 1 aromatic heterocycles. The summed E-state index contributed by atoms with van der Waals surface area (Å²) in [5.74, 6) is 0. The third kappa shape index (κ3) is 4.83. The highest BCUT2D eigenvalue weighted by molar-refractivity contribution is 7.16. The molecule has 1 atom stereocenters. The van der Waals surface area contributed by atoms with Crippen LogP contribution in [0.25, 0.3) is 0 Å². The normalized spacial score (nSPS) is 12.7. The van der Waals surface area contributed by atoms with Crippen molar-refractivity contribution in [3.8, 4) is 0 Å². The highest BCUT2D eigenvalue weighted by Gasteiger charge is 2.08. The topological polar surface area (TPSA) is 12.0 Å². The smallest absolute Gasteiger partial charge is 0.0931 e. The predicted octanol–water partition coefficient (Wildman–Crippen LogP) is 3.89. The van der Waals surface area contributed by atoms with Crippen molar-refractivity contribution in [2.24, 2.45) is 0 Å². The van der Waals surface area contributed by atoms with Crippen molar-refractivity contribution in [2.45, 2.75) is 32.2 Å². The van der Waals surface area contributed by atoms with Gasteiger partial charge in [-0.25, -0.2) is 0 Å². The van der Waals surface area contributed by atoms with Crippen molar-refractivity contribution >= 4 is 22.9 Å². The Bertz CT molecular complexity index is 296. The molecule has 0 aliphatic rings. The van der Waals surface area contributed by atoms with Crippen LogP contribution in [0, 0.1) is 0 Å². The molecule has 0 spiro atoms. The first-order valence-corrected chi connectivity index (χ1v) is 6.54. The molecule has 3 heteroatoms. The Hall–Kier alpha value is -0.310. The van der Waals surface area contributed by atoms with Gasteiger partial charge in [-0.1, -0.05) is 24.6 Å². The van der Waals surface area contributed by atoms with E-state index in [1.807, 2.05) is 12.1 Å². The van der Waals surface area contributed by atoms with Gasteiger partial charge < -0.3 is 5.32 Å². The zero-order chi connectivity index (χ0) is 11.1. The lowest BCUT2D eigenvalue weighted by Crippen LogP contribution is -2.30. The lowest BCUT2D eigenvalue weighted by molar-refractivity contribution is 0.515. The van der Waals surface area contributed by atoms with E-state index in [-0.39, 0.29) is 0 Å². The maximum absolute atomic E-state index is 5.90. The highest BCUT2D eigenvalue weighted by Crippen LogP contribution is 2.23. The summed E-state index contributed by atoms with van der Waals surface area (Å²) in [5, 5.41) is 3.52. The Balaban J connectivity index is 2.46. The van der Waals surface area contributed by atoms with Crippen molar-refractivity contribution in [3.63, 3.8) is 0 Å². The van der Waals surface area contributed by atoms with Gasteiger partial charge in [0.1, 0.15) is 0 Å². The summed E-state index contributed by atoms with van der Waals surface area (Å²) in [6.45, 7) is 7.04. The average Bonchev–Trinajstić information content (AvgIpc) is 2.61. The Morgan fingerprint density at radius 1 is 1.60 bits per heavy atom. The molecule has 15 heavy (non-hydrogen) atoms. The Labute approximate surface area is 101 Å². The highest BCUT2D eigenvalue weighted by atomic mass is 35.5. The van der Waals surface area contributed by atoms with E-state index in [1.54, 1.807) is 11.3 Å². The van der Waals surface area contributed by atoms with Gasteiger partial charge in [-0.2, -0.15) is 0 Å². The molecule has 0 aliphatic heterocycles. The number of thiophene rings is 1. The van der Waals surface area contributed by atoms with Gasteiger partial charge in [0, 0.05) is 10.9 Å². The van der Waals surface area contributed by atoms with Gasteiger partial charge in [-0.15, -0.1) is 17.9 Å². The monoisotopic (exact) mass is 243 g/mol. The van der Waals surface area contributed by atoms with E-state index >= 15 is 0 Å². The number of hydrogen-bond donors (Lipinski definition) is 1. The van der Waals surface area contributed by atoms with Gasteiger partial charge in [-0.3, -0.25) is 0 Å². The quantitative estimate of drug-likeness (QED) is 0.717. The molecule has 1 rings (SSSR count). The molecule has 1 N–H and O–H groups in total. The summed E-state index contributed by atoms with van der Waals surface area (Å²) in [6.07, 6.45) is 5.19. The fraction of sp³-hybridized carbons (Fsp3) is 0.500. The van der Waals surface area contributed by atoms with Gasteiger partial charge in [0.05, 0.1) is 4.34 Å². The minimum Gasteiger partial charge on any atom is -0.313 e. The lowest BCUT2D eigenvalue weighted by Gasteiger charge is -2.15. The largest absolute Gasteiger partial charge is 0.313 e. The molecule has 0 fully saturated rings. The second kappa shape index (κ2) is 7.04. The fourth-order valence-electron chi connectivity index (χ4n) is 1.49. The summed E-state index contributed by atoms with van der Waals surface area (Å²) in [7, 11) is 0. The van der Waals surface area contributed by atoms with Crippen LogP contribution in [-0.4, -0.2) is 12.6 Å². The molecule has 0 bridgehead atoms. The average molecular weight is 244 g/mol. The van der Waals surface area contributed by atoms with Gasteiger partial charge in [-0.05, 0) is 37.9 Å². The summed E-state index contributed by atoms with van der Waals surface area (Å²) in [6, 6.07) is 4.57. The molecule has 0 aliphatic carbocycles. The van der Waals surface area contributed by atoms with Crippen molar-refractivity contribution in [2.75, 3.05) is 6.54 Å². The molecule has 1 unspecified atom stereocenters. The summed E-state index contributed by atoms with van der Waals surface area (Å²) < 4.78 is 0.873. The first-order valence-electron chi connectivity index (χ1n) is 5.34. The summed E-state index contributed by atoms with van der Waals surface area (Å²) >= 11 is 7.57. The zero-order valence-corrected chi connectivity index (χ0v) is 10.7. The molecule has 0 saturated heterocycles. The van der Waals surface area contributed by atoms with Crippen molar-refractivity contribution in [3.05, 3.63) is 34.0 Å². The van der Waals surface area contributed by atoms with Crippen LogP contribution >= 0.6 is 22.9 Å². The number of hydrogen-bond acceptors (Lipinski definition) is 2. The lowest BCUT2D eigenvalue weighted by atomic mass is 10.1. The van der Waals surface area contributed by atoms with E-state index in [0.29, 0.717) is 6.04 Å². The van der Waals surface area contributed by atoms with Crippen LogP contribution < -0.4 is 5.32 Å². The third-order valence-electron chi connectivity index (χ3n) is 2.21. The van der Waals surface area contributed by atoms with Crippen LogP contribution in [0.15, 0.2) is 24.8 Å². The van der Waals surface area contributed by atoms with E-state index in [1.165, 1.54) is 11.3 Å². The molecule has 1 aromatic rings. The van der Waals surface area contributed by atoms with Crippen LogP contribution in [0.2, 0.25) is 4.34 Å². The van der Waals surface area contributed by atoms with E-state index < -0.39 is 0 Å². The Morgan fingerprint density at radius 2 is 2.40 bits per heavy atom. The van der Waals surface area contributed by atoms with E-state index in [0.717, 1.165) is 23.7 Å². The fourth-order valence-corrected chi connectivity index (χ4v) is 2.66. The first kappa shape index (κ1) is 12.8. The van der Waals surface area contributed by atoms with E-state index in [2.05, 4.69) is 24.9 Å². The maximum atomic E-state index is 5.90. The van der Waals surface area contributed by atoms with Crippen LogP contribution in [0.5, 0.6) is 0 Å². The summed E-state index contributed by atoms with van der Waals surface area (Å²) in [4.78, 5) is 1.34. The first-order chi connectivity index (χ1) is 7.26. The molecule has 1 heterocycles. The minimum absolute atomic E-state index is 0.497. The molecule has 0 saturated carbocycles. The Kier molecular flexibility index (Phi) is 5.99. The van der Waals surface area contributed by atoms with Crippen LogP contribution in [0.1, 0.15) is 24.6 Å². The van der Waals surface area contributed by atoms with Crippen LogP contribution in [0.3, 0.4) is 0 Å². The van der Waals surface area contributed by atoms with Crippen molar-refractivity contribution < 1.29 is 0 Å². The standard InChI is InChI=1S/C12H18ClNS/c1-3-5-10(14-8-4-2)9-11-6-7-12(13)15-11/h3,6-7,10,14H,1,4-5,8-9H2,2H3.